The summed E-state index contributed by atoms with van der Waals surface area (Å²) in [4.78, 5) is 38.1. The summed E-state index contributed by atoms with van der Waals surface area (Å²) >= 11 is 0. The monoisotopic (exact) mass is 456 g/mol. The molecule has 1 fully saturated rings. The normalized spacial score (nSPS) is 20.3. The lowest BCUT2D eigenvalue weighted by Gasteiger charge is -2.25. The molecule has 174 valence electrons. The average Bonchev–Trinajstić information content (AvgIpc) is 3.06. The fourth-order valence-corrected chi connectivity index (χ4v) is 3.67. The number of methoxy groups -OCH3 is 1. The number of benzene rings is 2. The maximum absolute atomic E-state index is 13.1. The summed E-state index contributed by atoms with van der Waals surface area (Å²) in [5, 5.41) is 13.1. The molecule has 2 aromatic carbocycles. The Hall–Kier alpha value is -3.79. The van der Waals surface area contributed by atoms with E-state index in [-0.39, 0.29) is 13.2 Å². The summed E-state index contributed by atoms with van der Waals surface area (Å²) in [6.07, 6.45) is -1.12. The van der Waals surface area contributed by atoms with Crippen LogP contribution in [0.5, 0.6) is 17.2 Å². The first-order valence-electron chi connectivity index (χ1n) is 10.4. The van der Waals surface area contributed by atoms with Crippen LogP contribution in [-0.4, -0.2) is 67.5 Å². The highest BCUT2D eigenvalue weighted by atomic mass is 16.6. The summed E-state index contributed by atoms with van der Waals surface area (Å²) in [5.41, 5.74) is -0.399. The van der Waals surface area contributed by atoms with Gasteiger partial charge in [0.2, 0.25) is 0 Å². The zero-order chi connectivity index (χ0) is 23.6. The van der Waals surface area contributed by atoms with Crippen LogP contribution < -0.4 is 19.5 Å². The molecular formula is C23H24N2O8. The molecule has 2 aromatic rings. The van der Waals surface area contributed by atoms with Crippen molar-refractivity contribution in [1.29, 1.82) is 0 Å². The SMILES string of the molecule is COC(=O)c1ccc(OCC(O)CN2C(=O)NC(C)(c3ccc4c(c3)OCCO4)C2=O)cc1. The topological polar surface area (TPSA) is 124 Å². The lowest BCUT2D eigenvalue weighted by atomic mass is 9.91. The summed E-state index contributed by atoms with van der Waals surface area (Å²) in [6, 6.07) is 10.6. The second-order valence-corrected chi connectivity index (χ2v) is 7.81. The quantitative estimate of drug-likeness (QED) is 0.474. The second-order valence-electron chi connectivity index (χ2n) is 7.81. The van der Waals surface area contributed by atoms with E-state index in [9.17, 15) is 19.5 Å². The number of aliphatic hydroxyl groups is 1. The Bertz CT molecular complexity index is 1070. The van der Waals surface area contributed by atoms with Gasteiger partial charge in [-0.1, -0.05) is 6.07 Å². The number of β-amino-alcohol motifs (C(OH)–C–C–N with tert-alkyl or cyclic N) is 1. The molecule has 10 nitrogen and oxygen atoms in total. The largest absolute Gasteiger partial charge is 0.491 e. The zero-order valence-electron chi connectivity index (χ0n) is 18.2. The number of imide groups is 1. The van der Waals surface area contributed by atoms with Gasteiger partial charge in [0.05, 0.1) is 19.2 Å². The van der Waals surface area contributed by atoms with Crippen LogP contribution in [0.3, 0.4) is 0 Å². The molecule has 2 atom stereocenters. The number of hydrogen-bond acceptors (Lipinski definition) is 8. The van der Waals surface area contributed by atoms with Crippen molar-refractivity contribution in [3.63, 3.8) is 0 Å². The van der Waals surface area contributed by atoms with Crippen LogP contribution in [0.2, 0.25) is 0 Å². The number of hydrogen-bond donors (Lipinski definition) is 2. The number of nitrogens with one attached hydrogen (secondary N) is 1. The molecule has 3 amide bonds. The highest BCUT2D eigenvalue weighted by Crippen LogP contribution is 2.36. The highest BCUT2D eigenvalue weighted by Gasteiger charge is 2.49. The maximum atomic E-state index is 13.1. The smallest absolute Gasteiger partial charge is 0.337 e. The van der Waals surface area contributed by atoms with E-state index in [2.05, 4.69) is 10.1 Å². The highest BCUT2D eigenvalue weighted by molar-refractivity contribution is 6.07. The van der Waals surface area contributed by atoms with Crippen molar-refractivity contribution in [2.75, 3.05) is 33.5 Å². The van der Waals surface area contributed by atoms with Gasteiger partial charge in [-0.3, -0.25) is 9.69 Å². The Morgan fingerprint density at radius 1 is 1.15 bits per heavy atom. The number of rotatable bonds is 7. The average molecular weight is 456 g/mol. The molecule has 0 aliphatic carbocycles. The third-order valence-electron chi connectivity index (χ3n) is 5.51. The molecule has 0 spiro atoms. The van der Waals surface area contributed by atoms with Gasteiger partial charge in [-0.05, 0) is 48.9 Å². The van der Waals surface area contributed by atoms with Gasteiger partial charge >= 0.3 is 12.0 Å². The summed E-state index contributed by atoms with van der Waals surface area (Å²) in [7, 11) is 1.29. The molecule has 2 heterocycles. The number of urea groups is 1. The van der Waals surface area contributed by atoms with Gasteiger partial charge in [0.1, 0.15) is 37.2 Å². The number of carbonyl (C=O) groups is 3. The number of nitrogens with zero attached hydrogens (tertiary/aromatic N) is 1. The zero-order valence-corrected chi connectivity index (χ0v) is 18.2. The molecule has 0 saturated carbocycles. The Labute approximate surface area is 190 Å². The van der Waals surface area contributed by atoms with Crippen molar-refractivity contribution in [1.82, 2.24) is 10.2 Å². The van der Waals surface area contributed by atoms with Crippen molar-refractivity contribution < 1.29 is 38.4 Å². The van der Waals surface area contributed by atoms with E-state index >= 15 is 0 Å². The van der Waals surface area contributed by atoms with Crippen LogP contribution in [0.4, 0.5) is 4.79 Å². The Kier molecular flexibility index (Phi) is 6.10. The Balaban J connectivity index is 1.39. The molecule has 2 aliphatic heterocycles. The number of esters is 1. The number of amides is 3. The van der Waals surface area contributed by atoms with Crippen LogP contribution in [0.1, 0.15) is 22.8 Å². The van der Waals surface area contributed by atoms with E-state index in [4.69, 9.17) is 14.2 Å². The van der Waals surface area contributed by atoms with Gasteiger partial charge in [-0.25, -0.2) is 9.59 Å². The molecule has 4 rings (SSSR count). The van der Waals surface area contributed by atoms with Crippen LogP contribution in [-0.2, 0) is 15.1 Å². The maximum Gasteiger partial charge on any atom is 0.337 e. The first-order valence-corrected chi connectivity index (χ1v) is 10.4. The second kappa shape index (κ2) is 8.99. The standard InChI is InChI=1S/C23H24N2O8/c1-23(15-5-8-18-19(11-15)32-10-9-31-18)21(28)25(22(29)24-23)12-16(26)13-33-17-6-3-14(4-7-17)20(27)30-2/h3-8,11,16,26H,9-10,12-13H2,1-2H3,(H,24,29). The summed E-state index contributed by atoms with van der Waals surface area (Å²) < 4.78 is 21.2. The van der Waals surface area contributed by atoms with Crippen molar-refractivity contribution >= 4 is 17.9 Å². The lowest BCUT2D eigenvalue weighted by molar-refractivity contribution is -0.132. The van der Waals surface area contributed by atoms with Gasteiger partial charge in [0, 0.05) is 0 Å². The molecule has 2 aliphatic rings. The van der Waals surface area contributed by atoms with Crippen LogP contribution in [0.15, 0.2) is 42.5 Å². The van der Waals surface area contributed by atoms with Crippen LogP contribution >= 0.6 is 0 Å². The van der Waals surface area contributed by atoms with Gasteiger partial charge < -0.3 is 29.4 Å². The number of carbonyl (C=O) groups excluding carboxylic acids is 3. The minimum absolute atomic E-state index is 0.157. The molecule has 0 aromatic heterocycles. The van der Waals surface area contributed by atoms with Crippen molar-refractivity contribution in [3.8, 4) is 17.2 Å². The molecule has 2 N–H and O–H groups in total. The summed E-state index contributed by atoms with van der Waals surface area (Å²) in [5.74, 6) is 0.536. The molecular weight excluding hydrogens is 432 g/mol. The van der Waals surface area contributed by atoms with E-state index in [1.807, 2.05) is 0 Å². The third kappa shape index (κ3) is 4.42. The molecule has 2 unspecified atom stereocenters. The first kappa shape index (κ1) is 22.4. The molecule has 0 bridgehead atoms. The molecule has 10 heteroatoms. The predicted molar refractivity (Wildman–Crippen MR) is 114 cm³/mol. The number of aliphatic hydroxyl groups excluding tert-OH is 1. The van der Waals surface area contributed by atoms with E-state index in [1.165, 1.54) is 19.2 Å². The number of ether oxygens (including phenoxy) is 4. The van der Waals surface area contributed by atoms with Crippen molar-refractivity contribution in [2.45, 2.75) is 18.6 Å². The third-order valence-corrected chi connectivity index (χ3v) is 5.51. The van der Waals surface area contributed by atoms with E-state index in [0.29, 0.717) is 41.6 Å². The van der Waals surface area contributed by atoms with E-state index < -0.39 is 29.6 Å². The molecule has 0 radical (unpaired) electrons. The fraction of sp³-hybridized carbons (Fsp3) is 0.348. The van der Waals surface area contributed by atoms with E-state index in [1.54, 1.807) is 37.3 Å². The molecule has 33 heavy (non-hydrogen) atoms. The minimum Gasteiger partial charge on any atom is -0.491 e. The summed E-state index contributed by atoms with van der Waals surface area (Å²) in [6.45, 7) is 2.05. The van der Waals surface area contributed by atoms with Crippen molar-refractivity contribution in [3.05, 3.63) is 53.6 Å². The van der Waals surface area contributed by atoms with Crippen LogP contribution in [0.25, 0.3) is 0 Å². The Morgan fingerprint density at radius 3 is 2.55 bits per heavy atom. The lowest BCUT2D eigenvalue weighted by Crippen LogP contribution is -2.42. The Morgan fingerprint density at radius 2 is 1.85 bits per heavy atom. The predicted octanol–water partition coefficient (Wildman–Crippen LogP) is 1.45. The van der Waals surface area contributed by atoms with Gasteiger partial charge in [-0.2, -0.15) is 0 Å². The number of fused-ring (bicyclic) bond motifs is 1. The van der Waals surface area contributed by atoms with Gasteiger partial charge in [0.25, 0.3) is 5.91 Å². The van der Waals surface area contributed by atoms with E-state index in [0.717, 1.165) is 4.90 Å². The minimum atomic E-state index is -1.31. The fourth-order valence-electron chi connectivity index (χ4n) is 3.67. The first-order chi connectivity index (χ1) is 15.8. The molecule has 1 saturated heterocycles. The van der Waals surface area contributed by atoms with Crippen molar-refractivity contribution in [2.24, 2.45) is 0 Å². The van der Waals surface area contributed by atoms with Crippen LogP contribution in [0, 0.1) is 0 Å². The van der Waals surface area contributed by atoms with Gasteiger partial charge in [-0.15, -0.1) is 0 Å². The van der Waals surface area contributed by atoms with Gasteiger partial charge in [0.15, 0.2) is 11.5 Å².